The number of halogens is 3. The van der Waals surface area contributed by atoms with Gasteiger partial charge >= 0.3 is 6.18 Å². The first-order chi connectivity index (χ1) is 12.7. The molecule has 2 aromatic heterocycles. The van der Waals surface area contributed by atoms with Gasteiger partial charge < -0.3 is 5.32 Å². The van der Waals surface area contributed by atoms with Crippen LogP contribution in [0.5, 0.6) is 0 Å². The third-order valence-corrected chi connectivity index (χ3v) is 3.86. The number of carbonyl (C=O) groups is 1. The van der Waals surface area contributed by atoms with Gasteiger partial charge in [-0.2, -0.15) is 23.4 Å². The molecular weight excluding hydrogens is 359 g/mol. The first-order valence-corrected chi connectivity index (χ1v) is 8.20. The highest BCUT2D eigenvalue weighted by Crippen LogP contribution is 2.18. The molecule has 6 nitrogen and oxygen atoms in total. The van der Waals surface area contributed by atoms with Crippen LogP contribution in [0.1, 0.15) is 27.3 Å². The Labute approximate surface area is 153 Å². The lowest BCUT2D eigenvalue weighted by molar-refractivity contribution is -0.142. The van der Waals surface area contributed by atoms with E-state index < -0.39 is 18.6 Å². The molecule has 1 N–H and O–H groups in total. The van der Waals surface area contributed by atoms with Gasteiger partial charge in [-0.15, -0.1) is 0 Å². The zero-order valence-electron chi connectivity index (χ0n) is 14.8. The van der Waals surface area contributed by atoms with Crippen molar-refractivity contribution < 1.29 is 18.0 Å². The van der Waals surface area contributed by atoms with Crippen LogP contribution < -0.4 is 5.32 Å². The van der Waals surface area contributed by atoms with Crippen LogP contribution in [0, 0.1) is 13.8 Å². The lowest BCUT2D eigenvalue weighted by Crippen LogP contribution is -2.18. The molecule has 1 aromatic carbocycles. The number of carbonyl (C=O) groups excluding carboxylic acids is 1. The van der Waals surface area contributed by atoms with Crippen molar-refractivity contribution in [3.05, 3.63) is 65.2 Å². The lowest BCUT2D eigenvalue weighted by atomic mass is 10.1. The molecule has 0 aliphatic heterocycles. The van der Waals surface area contributed by atoms with Crippen molar-refractivity contribution >= 4 is 11.6 Å². The molecule has 0 unspecified atom stereocenters. The fraction of sp³-hybridized carbons (Fsp3) is 0.278. The summed E-state index contributed by atoms with van der Waals surface area (Å²) in [5.74, 6) is -0.420. The van der Waals surface area contributed by atoms with Crippen molar-refractivity contribution in [3.8, 4) is 0 Å². The molecule has 9 heteroatoms. The highest BCUT2D eigenvalue weighted by atomic mass is 19.4. The number of anilines is 1. The number of aryl methyl sites for hydroxylation is 2. The molecule has 0 bridgehead atoms. The van der Waals surface area contributed by atoms with E-state index in [0.29, 0.717) is 12.1 Å². The van der Waals surface area contributed by atoms with E-state index in [0.717, 1.165) is 27.8 Å². The van der Waals surface area contributed by atoms with Gasteiger partial charge in [0.1, 0.15) is 6.54 Å². The number of nitrogens with one attached hydrogen (secondary N) is 1. The quantitative estimate of drug-likeness (QED) is 0.739. The molecule has 3 rings (SSSR count). The number of hydrogen-bond acceptors (Lipinski definition) is 3. The minimum absolute atomic E-state index is 0.202. The Balaban J connectivity index is 1.69. The molecule has 0 spiro atoms. The molecule has 1 amide bonds. The highest BCUT2D eigenvalue weighted by molar-refractivity contribution is 6.04. The molecule has 0 atom stereocenters. The Hall–Kier alpha value is -3.10. The second-order valence-corrected chi connectivity index (χ2v) is 6.28. The van der Waals surface area contributed by atoms with E-state index in [1.807, 2.05) is 30.7 Å². The molecule has 0 saturated heterocycles. The van der Waals surface area contributed by atoms with Crippen molar-refractivity contribution in [3.63, 3.8) is 0 Å². The number of hydrogen-bond donors (Lipinski definition) is 1. The van der Waals surface area contributed by atoms with E-state index in [4.69, 9.17) is 0 Å². The van der Waals surface area contributed by atoms with Crippen molar-refractivity contribution in [2.45, 2.75) is 33.1 Å². The second-order valence-electron chi connectivity index (χ2n) is 6.28. The first kappa shape index (κ1) is 18.7. The smallest absolute Gasteiger partial charge is 0.319 e. The Morgan fingerprint density at radius 1 is 1.22 bits per heavy atom. The zero-order chi connectivity index (χ0) is 19.6. The van der Waals surface area contributed by atoms with Crippen LogP contribution in [-0.4, -0.2) is 31.6 Å². The number of nitrogens with zero attached hydrogens (tertiary/aromatic N) is 4. The van der Waals surface area contributed by atoms with Crippen LogP contribution in [0.25, 0.3) is 0 Å². The fourth-order valence-corrected chi connectivity index (χ4v) is 2.72. The summed E-state index contributed by atoms with van der Waals surface area (Å²) in [6.45, 7) is 3.17. The molecule has 0 aliphatic carbocycles. The van der Waals surface area contributed by atoms with Crippen LogP contribution in [0.3, 0.4) is 0 Å². The zero-order valence-corrected chi connectivity index (χ0v) is 14.8. The van der Waals surface area contributed by atoms with Crippen LogP contribution in [0.2, 0.25) is 0 Å². The number of aromatic nitrogens is 4. The molecule has 2 heterocycles. The van der Waals surface area contributed by atoms with E-state index in [9.17, 15) is 18.0 Å². The second kappa shape index (κ2) is 7.26. The third kappa shape index (κ3) is 4.96. The summed E-state index contributed by atoms with van der Waals surface area (Å²) in [4.78, 5) is 12.4. The Morgan fingerprint density at radius 3 is 2.67 bits per heavy atom. The van der Waals surface area contributed by atoms with Gasteiger partial charge in [0.15, 0.2) is 0 Å². The molecule has 27 heavy (non-hydrogen) atoms. The summed E-state index contributed by atoms with van der Waals surface area (Å²) in [5.41, 5.74) is 3.42. The number of amides is 1. The van der Waals surface area contributed by atoms with Crippen LogP contribution in [0.15, 0.2) is 42.7 Å². The Bertz CT molecular complexity index is 958. The van der Waals surface area contributed by atoms with Gasteiger partial charge in [0.25, 0.3) is 5.91 Å². The molecule has 0 radical (unpaired) electrons. The molecule has 0 saturated carbocycles. The van der Waals surface area contributed by atoms with Gasteiger partial charge in [0.2, 0.25) is 0 Å². The summed E-state index contributed by atoms with van der Waals surface area (Å²) < 4.78 is 39.7. The van der Waals surface area contributed by atoms with E-state index in [1.54, 1.807) is 18.2 Å². The topological polar surface area (TPSA) is 64.7 Å². The van der Waals surface area contributed by atoms with E-state index in [1.165, 1.54) is 6.20 Å². The SMILES string of the molecule is Cc1cc(C)n(Cc2cccc(C(=O)Nc3cnn(CC(F)(F)F)c3)c2)n1. The van der Waals surface area contributed by atoms with Gasteiger partial charge in [0.05, 0.1) is 24.1 Å². The average molecular weight is 377 g/mol. The van der Waals surface area contributed by atoms with Crippen LogP contribution in [-0.2, 0) is 13.1 Å². The maximum absolute atomic E-state index is 12.4. The van der Waals surface area contributed by atoms with E-state index >= 15 is 0 Å². The summed E-state index contributed by atoms with van der Waals surface area (Å²) in [7, 11) is 0. The van der Waals surface area contributed by atoms with Crippen molar-refractivity contribution in [2.24, 2.45) is 0 Å². The predicted octanol–water partition coefficient (Wildman–Crippen LogP) is 3.56. The van der Waals surface area contributed by atoms with Crippen LogP contribution >= 0.6 is 0 Å². The Kier molecular flexibility index (Phi) is 5.02. The summed E-state index contributed by atoms with van der Waals surface area (Å²) in [5, 5.41) is 10.6. The minimum atomic E-state index is -4.37. The number of alkyl halides is 3. The monoisotopic (exact) mass is 377 g/mol. The lowest BCUT2D eigenvalue weighted by Gasteiger charge is -2.08. The summed E-state index contributed by atoms with van der Waals surface area (Å²) >= 11 is 0. The maximum Gasteiger partial charge on any atom is 0.408 e. The van der Waals surface area contributed by atoms with Crippen molar-refractivity contribution in [1.29, 1.82) is 0 Å². The highest BCUT2D eigenvalue weighted by Gasteiger charge is 2.28. The predicted molar refractivity (Wildman–Crippen MR) is 93.5 cm³/mol. The maximum atomic E-state index is 12.4. The first-order valence-electron chi connectivity index (χ1n) is 8.20. The average Bonchev–Trinajstić information content (AvgIpc) is 3.12. The minimum Gasteiger partial charge on any atom is -0.319 e. The summed E-state index contributed by atoms with van der Waals surface area (Å²) in [6.07, 6.45) is -2.04. The van der Waals surface area contributed by atoms with Crippen molar-refractivity contribution in [2.75, 3.05) is 5.32 Å². The summed E-state index contributed by atoms with van der Waals surface area (Å²) in [6, 6.07) is 8.97. The van der Waals surface area contributed by atoms with Gasteiger partial charge in [-0.25, -0.2) is 0 Å². The molecule has 3 aromatic rings. The standard InChI is InChI=1S/C18H18F3N5O/c1-12-6-13(2)26(24-12)9-14-4-3-5-15(7-14)17(27)23-16-8-22-25(10-16)11-18(19,20)21/h3-8,10H,9,11H2,1-2H3,(H,23,27). The van der Waals surface area contributed by atoms with E-state index in [2.05, 4.69) is 15.5 Å². The van der Waals surface area contributed by atoms with Gasteiger partial charge in [0, 0.05) is 17.5 Å². The van der Waals surface area contributed by atoms with Gasteiger partial charge in [-0.05, 0) is 37.6 Å². The van der Waals surface area contributed by atoms with Crippen molar-refractivity contribution in [1.82, 2.24) is 19.6 Å². The largest absolute Gasteiger partial charge is 0.408 e. The van der Waals surface area contributed by atoms with Crippen LogP contribution in [0.4, 0.5) is 18.9 Å². The number of benzene rings is 1. The van der Waals surface area contributed by atoms with Gasteiger partial charge in [-0.1, -0.05) is 12.1 Å². The molecule has 142 valence electrons. The third-order valence-electron chi connectivity index (χ3n) is 3.86. The molecule has 0 aliphatic rings. The fourth-order valence-electron chi connectivity index (χ4n) is 2.72. The number of rotatable bonds is 5. The Morgan fingerprint density at radius 2 is 2.00 bits per heavy atom. The van der Waals surface area contributed by atoms with E-state index in [-0.39, 0.29) is 5.69 Å². The molecule has 0 fully saturated rings. The normalized spacial score (nSPS) is 11.6. The molecular formula is C18H18F3N5O. The van der Waals surface area contributed by atoms with Gasteiger partial charge in [-0.3, -0.25) is 14.2 Å².